The van der Waals surface area contributed by atoms with Gasteiger partial charge in [0.05, 0.1) is 10.2 Å². The zero-order chi connectivity index (χ0) is 11.8. The smallest absolute Gasteiger partial charge is 0.132 e. The monoisotopic (exact) mass is 332 g/mol. The number of unbranched alkanes of at least 4 members (excludes halogenated alkanes) is 1. The zero-order valence-electron chi connectivity index (χ0n) is 10.2. The maximum Gasteiger partial charge on any atom is 0.132 e. The molecule has 0 spiro atoms. The highest BCUT2D eigenvalue weighted by Gasteiger charge is 2.07. The summed E-state index contributed by atoms with van der Waals surface area (Å²) in [6.45, 7) is 5.35. The van der Waals surface area contributed by atoms with Crippen molar-refractivity contribution in [2.24, 2.45) is 5.92 Å². The Morgan fingerprint density at radius 3 is 2.62 bits per heavy atom. The van der Waals surface area contributed by atoms with E-state index >= 15 is 0 Å². The molecule has 0 radical (unpaired) electrons. The van der Waals surface area contributed by atoms with Gasteiger partial charge in [0.1, 0.15) is 5.75 Å². The Morgan fingerprint density at radius 1 is 1.25 bits per heavy atom. The van der Waals surface area contributed by atoms with Gasteiger partial charge in [0.15, 0.2) is 0 Å². The highest BCUT2D eigenvalue weighted by Crippen LogP contribution is 2.21. The van der Waals surface area contributed by atoms with Gasteiger partial charge in [0.2, 0.25) is 0 Å². The summed E-state index contributed by atoms with van der Waals surface area (Å²) in [5.74, 6) is 1.73. The second kappa shape index (κ2) is 7.93. The van der Waals surface area contributed by atoms with Crippen molar-refractivity contribution in [2.75, 3.05) is 6.61 Å². The molecule has 2 heteroatoms. The molecule has 0 aliphatic rings. The van der Waals surface area contributed by atoms with Crippen LogP contribution in [0.25, 0.3) is 0 Å². The summed E-state index contributed by atoms with van der Waals surface area (Å²) in [5, 5.41) is 0. The molecule has 0 saturated carbocycles. The summed E-state index contributed by atoms with van der Waals surface area (Å²) in [5.41, 5.74) is 0. The maximum absolute atomic E-state index is 5.88. The van der Waals surface area contributed by atoms with E-state index in [1.807, 2.05) is 18.2 Å². The third kappa shape index (κ3) is 4.73. The Labute approximate surface area is 113 Å². The summed E-state index contributed by atoms with van der Waals surface area (Å²) < 4.78 is 7.08. The minimum absolute atomic E-state index is 0.705. The lowest BCUT2D eigenvalue weighted by atomic mass is 10.0. The van der Waals surface area contributed by atoms with Crippen molar-refractivity contribution in [1.82, 2.24) is 0 Å². The van der Waals surface area contributed by atoms with Crippen LogP contribution in [-0.2, 0) is 0 Å². The molecule has 0 bridgehead atoms. The molecule has 0 N–H and O–H groups in total. The molecule has 0 fully saturated rings. The van der Waals surface area contributed by atoms with Crippen molar-refractivity contribution in [3.8, 4) is 5.75 Å². The molecular formula is C14H21IO. The van der Waals surface area contributed by atoms with Gasteiger partial charge >= 0.3 is 0 Å². The number of hydrogen-bond acceptors (Lipinski definition) is 1. The summed E-state index contributed by atoms with van der Waals surface area (Å²) in [6.07, 6.45) is 5.09. The van der Waals surface area contributed by atoms with Crippen LogP contribution in [0, 0.1) is 9.49 Å². The highest BCUT2D eigenvalue weighted by molar-refractivity contribution is 14.1. The standard InChI is InChI=1S/C14H21IO/c1-3-5-8-12(4-2)11-16-14-10-7-6-9-13(14)15/h6-7,9-10,12H,3-5,8,11H2,1-2H3. The number of hydrogen-bond donors (Lipinski definition) is 0. The van der Waals surface area contributed by atoms with Crippen molar-refractivity contribution in [3.63, 3.8) is 0 Å². The van der Waals surface area contributed by atoms with Gasteiger partial charge in [-0.25, -0.2) is 0 Å². The lowest BCUT2D eigenvalue weighted by Crippen LogP contribution is -2.11. The number of benzene rings is 1. The van der Waals surface area contributed by atoms with Gasteiger partial charge in [0.25, 0.3) is 0 Å². The van der Waals surface area contributed by atoms with E-state index in [1.165, 1.54) is 29.3 Å². The number of ether oxygens (including phenoxy) is 1. The molecule has 0 heterocycles. The van der Waals surface area contributed by atoms with Crippen molar-refractivity contribution in [2.45, 2.75) is 39.5 Å². The quantitative estimate of drug-likeness (QED) is 0.646. The van der Waals surface area contributed by atoms with Crippen molar-refractivity contribution in [3.05, 3.63) is 27.8 Å². The van der Waals surface area contributed by atoms with Crippen LogP contribution in [0.3, 0.4) is 0 Å². The summed E-state index contributed by atoms with van der Waals surface area (Å²) in [4.78, 5) is 0. The van der Waals surface area contributed by atoms with E-state index in [4.69, 9.17) is 4.74 Å². The molecular weight excluding hydrogens is 311 g/mol. The van der Waals surface area contributed by atoms with Crippen molar-refractivity contribution in [1.29, 1.82) is 0 Å². The van der Waals surface area contributed by atoms with Crippen molar-refractivity contribution < 1.29 is 4.74 Å². The average molecular weight is 332 g/mol. The first-order chi connectivity index (χ1) is 7.77. The van der Waals surface area contributed by atoms with Crippen LogP contribution in [0.1, 0.15) is 39.5 Å². The molecule has 0 saturated heterocycles. The Balaban J connectivity index is 2.40. The molecule has 1 atom stereocenters. The fraction of sp³-hybridized carbons (Fsp3) is 0.571. The second-order valence-corrected chi connectivity index (χ2v) is 5.32. The van der Waals surface area contributed by atoms with Crippen LogP contribution in [0.2, 0.25) is 0 Å². The molecule has 0 aliphatic carbocycles. The van der Waals surface area contributed by atoms with Crippen molar-refractivity contribution >= 4 is 22.6 Å². The summed E-state index contributed by atoms with van der Waals surface area (Å²) in [7, 11) is 0. The summed E-state index contributed by atoms with van der Waals surface area (Å²) >= 11 is 2.32. The van der Waals surface area contributed by atoms with Gasteiger partial charge in [-0.3, -0.25) is 0 Å². The normalized spacial score (nSPS) is 12.4. The first-order valence-corrected chi connectivity index (χ1v) is 7.23. The van der Waals surface area contributed by atoms with Crippen LogP contribution >= 0.6 is 22.6 Å². The lowest BCUT2D eigenvalue weighted by molar-refractivity contribution is 0.232. The van der Waals surface area contributed by atoms with E-state index in [0.717, 1.165) is 12.4 Å². The molecule has 1 aromatic rings. The van der Waals surface area contributed by atoms with E-state index < -0.39 is 0 Å². The molecule has 0 aromatic heterocycles. The van der Waals surface area contributed by atoms with Crippen LogP contribution in [-0.4, -0.2) is 6.61 Å². The molecule has 90 valence electrons. The number of halogens is 1. The third-order valence-electron chi connectivity index (χ3n) is 2.85. The minimum atomic E-state index is 0.705. The predicted octanol–water partition coefficient (Wildman–Crippen LogP) is 4.89. The molecule has 0 amide bonds. The van der Waals surface area contributed by atoms with Gasteiger partial charge in [-0.05, 0) is 47.1 Å². The zero-order valence-corrected chi connectivity index (χ0v) is 12.4. The molecule has 0 aliphatic heterocycles. The fourth-order valence-electron chi connectivity index (χ4n) is 1.67. The Bertz CT molecular complexity index is 299. The summed E-state index contributed by atoms with van der Waals surface area (Å²) in [6, 6.07) is 8.21. The van der Waals surface area contributed by atoms with Gasteiger partial charge < -0.3 is 4.74 Å². The van der Waals surface area contributed by atoms with E-state index in [0.29, 0.717) is 5.92 Å². The highest BCUT2D eigenvalue weighted by atomic mass is 127. The Hall–Kier alpha value is -0.250. The van der Waals surface area contributed by atoms with E-state index in [9.17, 15) is 0 Å². The first-order valence-electron chi connectivity index (χ1n) is 6.15. The number of rotatable bonds is 7. The average Bonchev–Trinajstić information content (AvgIpc) is 2.31. The first kappa shape index (κ1) is 13.8. The predicted molar refractivity (Wildman–Crippen MR) is 78.0 cm³/mol. The van der Waals surface area contributed by atoms with E-state index in [2.05, 4.69) is 42.5 Å². The lowest BCUT2D eigenvalue weighted by Gasteiger charge is -2.16. The Morgan fingerprint density at radius 2 is 2.00 bits per heavy atom. The second-order valence-electron chi connectivity index (χ2n) is 4.16. The molecule has 16 heavy (non-hydrogen) atoms. The van der Waals surface area contributed by atoms with Crippen LogP contribution in [0.4, 0.5) is 0 Å². The van der Waals surface area contributed by atoms with E-state index in [1.54, 1.807) is 0 Å². The van der Waals surface area contributed by atoms with E-state index in [-0.39, 0.29) is 0 Å². The van der Waals surface area contributed by atoms with Crippen LogP contribution in [0.15, 0.2) is 24.3 Å². The SMILES string of the molecule is CCCCC(CC)COc1ccccc1I. The minimum Gasteiger partial charge on any atom is -0.492 e. The Kier molecular flexibility index (Phi) is 6.85. The van der Waals surface area contributed by atoms with Gasteiger partial charge in [-0.15, -0.1) is 0 Å². The topological polar surface area (TPSA) is 9.23 Å². The molecule has 1 nitrogen and oxygen atoms in total. The van der Waals surface area contributed by atoms with Gasteiger partial charge in [0, 0.05) is 0 Å². The third-order valence-corrected chi connectivity index (χ3v) is 3.75. The molecule has 1 rings (SSSR count). The van der Waals surface area contributed by atoms with Crippen LogP contribution in [0.5, 0.6) is 5.75 Å². The largest absolute Gasteiger partial charge is 0.492 e. The number of para-hydroxylation sites is 1. The van der Waals surface area contributed by atoms with Crippen LogP contribution < -0.4 is 4.74 Å². The molecule has 1 aromatic carbocycles. The van der Waals surface area contributed by atoms with Gasteiger partial charge in [-0.2, -0.15) is 0 Å². The maximum atomic E-state index is 5.88. The molecule has 1 unspecified atom stereocenters. The van der Waals surface area contributed by atoms with Gasteiger partial charge in [-0.1, -0.05) is 45.2 Å². The fourth-order valence-corrected chi connectivity index (χ4v) is 2.21.